The maximum atomic E-state index is 14.7. The molecule has 3 atom stereocenters. The van der Waals surface area contributed by atoms with E-state index in [-0.39, 0.29) is 23.9 Å². The summed E-state index contributed by atoms with van der Waals surface area (Å²) in [4.78, 5) is 29.2. The summed E-state index contributed by atoms with van der Waals surface area (Å²) in [7, 11) is -2.11. The molecule has 0 saturated carbocycles. The first-order valence-corrected chi connectivity index (χ1v) is 20.1. The van der Waals surface area contributed by atoms with Crippen molar-refractivity contribution >= 4 is 20.3 Å². The SMILES string of the molecule is CCc1ccc(-c2ccc(CO[C@](C)(C(=O)N3C(=O)OC(C)(C)[C@@H]3c3ccccc3)[C@@H](O)c3cc(CO[Si](C)(C)C(C)(C)C)on3)cc2)cc1. The number of hydrogen-bond donors (Lipinski definition) is 1. The highest BCUT2D eigenvalue weighted by Gasteiger charge is 2.57. The second-order valence-corrected chi connectivity index (χ2v) is 20.1. The summed E-state index contributed by atoms with van der Waals surface area (Å²) in [6.45, 7) is 18.0. The molecule has 4 aromatic rings. The number of cyclic esters (lactones) is 1. The van der Waals surface area contributed by atoms with Crippen LogP contribution in [0.2, 0.25) is 18.1 Å². The highest BCUT2D eigenvalue weighted by molar-refractivity contribution is 6.74. The Morgan fingerprint density at radius 2 is 1.52 bits per heavy atom. The minimum Gasteiger partial charge on any atom is -0.440 e. The van der Waals surface area contributed by atoms with Crippen LogP contribution < -0.4 is 0 Å². The molecule has 1 N–H and O–H groups in total. The van der Waals surface area contributed by atoms with Gasteiger partial charge in [0.15, 0.2) is 19.7 Å². The van der Waals surface area contributed by atoms with Gasteiger partial charge in [0.2, 0.25) is 0 Å². The maximum Gasteiger partial charge on any atom is 0.417 e. The zero-order chi connectivity index (χ0) is 36.5. The number of aryl methyl sites for hydroxylation is 1. The van der Waals surface area contributed by atoms with Gasteiger partial charge in [-0.3, -0.25) is 4.79 Å². The average Bonchev–Trinajstić information content (AvgIpc) is 3.66. The Morgan fingerprint density at radius 1 is 0.940 bits per heavy atom. The Balaban J connectivity index is 1.45. The third-order valence-electron chi connectivity index (χ3n) is 10.2. The lowest BCUT2D eigenvalue weighted by atomic mass is 9.88. The van der Waals surface area contributed by atoms with Crippen LogP contribution in [0.3, 0.4) is 0 Å². The van der Waals surface area contributed by atoms with E-state index in [1.54, 1.807) is 19.9 Å². The van der Waals surface area contributed by atoms with Crippen molar-refractivity contribution in [1.82, 2.24) is 10.1 Å². The summed E-state index contributed by atoms with van der Waals surface area (Å²) in [5.41, 5.74) is 1.94. The first-order chi connectivity index (χ1) is 23.5. The first kappa shape index (κ1) is 37.2. The lowest BCUT2D eigenvalue weighted by molar-refractivity contribution is -0.175. The third-order valence-corrected chi connectivity index (χ3v) is 14.6. The lowest BCUT2D eigenvalue weighted by Crippen LogP contribution is -2.54. The van der Waals surface area contributed by atoms with Crippen LogP contribution in [0.1, 0.15) is 88.8 Å². The topological polar surface area (TPSA) is 111 Å². The minimum atomic E-state index is -2.11. The lowest BCUT2D eigenvalue weighted by Gasteiger charge is -2.37. The number of ether oxygens (including phenoxy) is 2. The molecular weight excluding hydrogens is 649 g/mol. The van der Waals surface area contributed by atoms with Gasteiger partial charge in [-0.2, -0.15) is 0 Å². The first-order valence-electron chi connectivity index (χ1n) is 17.2. The fraction of sp³-hybridized carbons (Fsp3) is 0.425. The van der Waals surface area contributed by atoms with Crippen molar-refractivity contribution in [2.24, 2.45) is 0 Å². The highest BCUT2D eigenvalue weighted by atomic mass is 28.4. The fourth-order valence-electron chi connectivity index (χ4n) is 5.86. The minimum absolute atomic E-state index is 0.0144. The molecule has 0 aliphatic carbocycles. The smallest absolute Gasteiger partial charge is 0.417 e. The van der Waals surface area contributed by atoms with Gasteiger partial charge in [0.1, 0.15) is 23.4 Å². The summed E-state index contributed by atoms with van der Waals surface area (Å²) < 4.78 is 24.0. The molecule has 10 heteroatoms. The molecule has 2 amide bonds. The molecule has 266 valence electrons. The van der Waals surface area contributed by atoms with E-state index < -0.39 is 43.7 Å². The summed E-state index contributed by atoms with van der Waals surface area (Å²) in [5, 5.41) is 16.1. The van der Waals surface area contributed by atoms with Gasteiger partial charge in [0, 0.05) is 6.07 Å². The number of aliphatic hydroxyl groups is 1. The van der Waals surface area contributed by atoms with Crippen LogP contribution in [0.5, 0.6) is 0 Å². The molecule has 1 aliphatic heterocycles. The third kappa shape index (κ3) is 7.63. The van der Waals surface area contributed by atoms with E-state index in [4.69, 9.17) is 18.4 Å². The fourth-order valence-corrected chi connectivity index (χ4v) is 6.80. The Hall–Kier alpha value is -4.09. The number of amides is 2. The van der Waals surface area contributed by atoms with Gasteiger partial charge in [-0.25, -0.2) is 9.69 Å². The molecule has 50 heavy (non-hydrogen) atoms. The van der Waals surface area contributed by atoms with Crippen LogP contribution in [0, 0.1) is 0 Å². The van der Waals surface area contributed by atoms with E-state index in [1.165, 1.54) is 12.5 Å². The number of aliphatic hydroxyl groups excluding tert-OH is 1. The van der Waals surface area contributed by atoms with E-state index in [0.29, 0.717) is 11.3 Å². The second kappa shape index (κ2) is 14.3. The molecule has 1 aromatic heterocycles. The van der Waals surface area contributed by atoms with Crippen molar-refractivity contribution in [1.29, 1.82) is 0 Å². The molecule has 0 unspecified atom stereocenters. The molecule has 1 fully saturated rings. The van der Waals surface area contributed by atoms with Crippen LogP contribution in [0.4, 0.5) is 4.79 Å². The van der Waals surface area contributed by atoms with Crippen molar-refractivity contribution in [3.8, 4) is 11.1 Å². The number of carbonyl (C=O) groups is 2. The van der Waals surface area contributed by atoms with Gasteiger partial charge in [0.05, 0.1) is 13.2 Å². The van der Waals surface area contributed by atoms with Crippen LogP contribution in [-0.2, 0) is 38.3 Å². The number of carbonyl (C=O) groups excluding carboxylic acids is 2. The molecule has 1 saturated heterocycles. The number of aromatic nitrogens is 1. The van der Waals surface area contributed by atoms with E-state index >= 15 is 0 Å². The summed E-state index contributed by atoms with van der Waals surface area (Å²) in [6.07, 6.45) is -1.46. The van der Waals surface area contributed by atoms with Gasteiger partial charge in [-0.05, 0) is 73.1 Å². The normalized spacial score (nSPS) is 18.1. The Bertz CT molecular complexity index is 1780. The van der Waals surface area contributed by atoms with E-state index in [9.17, 15) is 14.7 Å². The van der Waals surface area contributed by atoms with Gasteiger partial charge in [-0.15, -0.1) is 0 Å². The van der Waals surface area contributed by atoms with Crippen molar-refractivity contribution in [2.45, 2.75) is 110 Å². The zero-order valence-corrected chi connectivity index (χ0v) is 31.7. The molecule has 0 spiro atoms. The van der Waals surface area contributed by atoms with Crippen molar-refractivity contribution in [2.75, 3.05) is 0 Å². The van der Waals surface area contributed by atoms with Crippen molar-refractivity contribution in [3.05, 3.63) is 113 Å². The summed E-state index contributed by atoms with van der Waals surface area (Å²) >= 11 is 0. The molecule has 5 rings (SSSR count). The Kier molecular flexibility index (Phi) is 10.6. The van der Waals surface area contributed by atoms with Crippen LogP contribution in [0.15, 0.2) is 89.5 Å². The summed E-state index contributed by atoms with van der Waals surface area (Å²) in [5.74, 6) is -0.353. The van der Waals surface area contributed by atoms with Gasteiger partial charge >= 0.3 is 6.09 Å². The predicted molar refractivity (Wildman–Crippen MR) is 194 cm³/mol. The van der Waals surface area contributed by atoms with Crippen molar-refractivity contribution in [3.63, 3.8) is 0 Å². The van der Waals surface area contributed by atoms with E-state index in [0.717, 1.165) is 28.0 Å². The number of hydrogen-bond acceptors (Lipinski definition) is 8. The predicted octanol–water partition coefficient (Wildman–Crippen LogP) is 8.93. The van der Waals surface area contributed by atoms with Crippen molar-refractivity contribution < 1.29 is 33.1 Å². The van der Waals surface area contributed by atoms with Crippen LogP contribution >= 0.6 is 0 Å². The summed E-state index contributed by atoms with van der Waals surface area (Å²) in [6, 6.07) is 26.3. The Labute approximate surface area is 296 Å². The molecule has 0 bridgehead atoms. The molecular formula is C40H50N2O7Si. The molecule has 2 heterocycles. The molecule has 1 aliphatic rings. The standard InChI is InChI=1S/C40H50N2O7Si/c1-10-27-16-20-29(21-17-27)30-22-18-28(19-23-30)25-46-40(7,35(43)33-24-32(49-41-33)26-47-50(8,9)38(2,3)4)36(44)42-34(31-14-12-11-13-15-31)39(5,6)48-37(42)45/h11-24,34-35,43H,10,25-26H2,1-9H3/t34-,35-,40-/m0/s1. The number of rotatable bonds is 12. The monoisotopic (exact) mass is 698 g/mol. The van der Waals surface area contributed by atoms with E-state index in [1.807, 2.05) is 54.6 Å². The maximum absolute atomic E-state index is 14.7. The number of imide groups is 1. The van der Waals surface area contributed by atoms with E-state index in [2.05, 4.69) is 70.2 Å². The second-order valence-electron chi connectivity index (χ2n) is 15.3. The van der Waals surface area contributed by atoms with Crippen LogP contribution in [-0.4, -0.2) is 46.7 Å². The van der Waals surface area contributed by atoms with Crippen LogP contribution in [0.25, 0.3) is 11.1 Å². The average molecular weight is 699 g/mol. The molecule has 9 nitrogen and oxygen atoms in total. The molecule has 0 radical (unpaired) electrons. The zero-order valence-electron chi connectivity index (χ0n) is 30.7. The van der Waals surface area contributed by atoms with Gasteiger partial charge < -0.3 is 23.5 Å². The highest BCUT2D eigenvalue weighted by Crippen LogP contribution is 2.44. The van der Waals surface area contributed by atoms with Gasteiger partial charge in [0.25, 0.3) is 5.91 Å². The molecule has 3 aromatic carbocycles. The largest absolute Gasteiger partial charge is 0.440 e. The number of benzene rings is 3. The Morgan fingerprint density at radius 3 is 2.08 bits per heavy atom. The number of nitrogens with zero attached hydrogens (tertiary/aromatic N) is 2. The quantitative estimate of drug-likeness (QED) is 0.146. The van der Waals surface area contributed by atoms with Gasteiger partial charge in [-0.1, -0.05) is 112 Å².